The molecule has 3 aliphatic carbocycles. The van der Waals surface area contributed by atoms with Gasteiger partial charge >= 0.3 is 0 Å². The normalized spacial score (nSPS) is 40.9. The molecule has 6 heteroatoms. The van der Waals surface area contributed by atoms with Gasteiger partial charge in [-0.1, -0.05) is 19.9 Å². The van der Waals surface area contributed by atoms with E-state index in [0.717, 1.165) is 47.4 Å². The summed E-state index contributed by atoms with van der Waals surface area (Å²) in [6.07, 6.45) is 14.3. The van der Waals surface area contributed by atoms with Crippen LogP contribution in [0.2, 0.25) is 0 Å². The van der Waals surface area contributed by atoms with Gasteiger partial charge < -0.3 is 9.88 Å². The highest BCUT2D eigenvalue weighted by atomic mass is 16.2. The monoisotopic (exact) mass is 433 g/mol. The Labute approximate surface area is 190 Å². The number of nitrogens with zero attached hydrogens (tertiary/aromatic N) is 4. The van der Waals surface area contributed by atoms with Gasteiger partial charge in [0.05, 0.1) is 5.69 Å². The van der Waals surface area contributed by atoms with E-state index in [-0.39, 0.29) is 11.3 Å². The number of rotatable bonds is 2. The van der Waals surface area contributed by atoms with Crippen LogP contribution in [0.3, 0.4) is 0 Å². The summed E-state index contributed by atoms with van der Waals surface area (Å²) < 4.78 is 0. The van der Waals surface area contributed by atoms with E-state index < -0.39 is 0 Å². The number of nitrogens with one attached hydrogen (secondary N) is 1. The number of hydrogen-bond acceptors (Lipinski definition) is 4. The Morgan fingerprint density at radius 3 is 2.78 bits per heavy atom. The summed E-state index contributed by atoms with van der Waals surface area (Å²) in [5.74, 6) is 4.16. The molecule has 1 aliphatic heterocycles. The predicted molar refractivity (Wildman–Crippen MR) is 124 cm³/mol. The smallest absolute Gasteiger partial charge is 0.246 e. The Kier molecular flexibility index (Phi) is 4.38. The van der Waals surface area contributed by atoms with Crippen molar-refractivity contribution >= 4 is 17.1 Å². The molecule has 32 heavy (non-hydrogen) atoms. The van der Waals surface area contributed by atoms with Gasteiger partial charge in [-0.3, -0.25) is 4.79 Å². The minimum atomic E-state index is 0.125. The van der Waals surface area contributed by atoms with Crippen molar-refractivity contribution in [3.05, 3.63) is 30.0 Å². The summed E-state index contributed by atoms with van der Waals surface area (Å²) in [4.78, 5) is 31.3. The molecule has 6 rings (SSSR count). The summed E-state index contributed by atoms with van der Waals surface area (Å²) in [6.45, 7) is 7.02. The third kappa shape index (κ3) is 2.70. The van der Waals surface area contributed by atoms with Crippen LogP contribution in [0.5, 0.6) is 0 Å². The first-order valence-corrected chi connectivity index (χ1v) is 12.4. The van der Waals surface area contributed by atoms with Gasteiger partial charge in [-0.2, -0.15) is 0 Å². The maximum absolute atomic E-state index is 12.3. The third-order valence-electron chi connectivity index (χ3n) is 10.3. The van der Waals surface area contributed by atoms with Crippen molar-refractivity contribution in [3.63, 3.8) is 0 Å². The lowest BCUT2D eigenvalue weighted by Crippen LogP contribution is -2.59. The Morgan fingerprint density at radius 2 is 1.97 bits per heavy atom. The van der Waals surface area contributed by atoms with Crippen LogP contribution in [-0.2, 0) is 11.2 Å². The molecule has 7 atom stereocenters. The van der Waals surface area contributed by atoms with Crippen LogP contribution in [0.25, 0.3) is 11.2 Å². The lowest BCUT2D eigenvalue weighted by molar-refractivity contribution is -0.138. The molecule has 6 nitrogen and oxygen atoms in total. The molecule has 2 aromatic rings. The molecule has 2 unspecified atom stereocenters. The molecule has 0 spiro atoms. The standard InChI is InChI=1S/C26H35N5O/c1-15-23-24(28-14-27-15)30-21(29-23)13-16-5-7-18-17-6-8-20-26(3,12-10-22(32)31(20)4)19(17)9-11-25(16,18)2/h10,12,14,16-20H,5-9,11,13H2,1-4H3,(H,27,28,29,30)/t16?,17-,18-,19+,20?,25+,26+/m0/s1. The van der Waals surface area contributed by atoms with Crippen LogP contribution in [-0.4, -0.2) is 43.8 Å². The second kappa shape index (κ2) is 6.88. The lowest BCUT2D eigenvalue weighted by Gasteiger charge is -2.60. The minimum Gasteiger partial charge on any atom is -0.339 e. The number of fused-ring (bicyclic) bond motifs is 6. The van der Waals surface area contributed by atoms with Crippen molar-refractivity contribution in [2.45, 2.75) is 71.8 Å². The van der Waals surface area contributed by atoms with Crippen LogP contribution in [0.15, 0.2) is 18.5 Å². The predicted octanol–water partition coefficient (Wildman–Crippen LogP) is 4.46. The fraction of sp³-hybridized carbons (Fsp3) is 0.692. The molecule has 3 heterocycles. The van der Waals surface area contributed by atoms with Gasteiger partial charge in [-0.05, 0) is 80.6 Å². The zero-order valence-electron chi connectivity index (χ0n) is 19.8. The van der Waals surface area contributed by atoms with E-state index in [4.69, 9.17) is 4.98 Å². The van der Waals surface area contributed by atoms with Crippen LogP contribution < -0.4 is 0 Å². The van der Waals surface area contributed by atoms with Crippen molar-refractivity contribution in [1.29, 1.82) is 0 Å². The molecular weight excluding hydrogens is 398 g/mol. The molecule has 2 aromatic heterocycles. The number of likely N-dealkylation sites (N-methyl/N-ethyl adjacent to an activating group) is 1. The molecule has 3 fully saturated rings. The average Bonchev–Trinajstić information content (AvgIpc) is 3.33. The van der Waals surface area contributed by atoms with Gasteiger partial charge in [-0.15, -0.1) is 0 Å². The number of carbonyl (C=O) groups is 1. The highest BCUT2D eigenvalue weighted by Gasteiger charge is 2.60. The number of H-pyrrole nitrogens is 1. The Morgan fingerprint density at radius 1 is 1.12 bits per heavy atom. The van der Waals surface area contributed by atoms with E-state index in [0.29, 0.717) is 23.3 Å². The number of aromatic nitrogens is 4. The summed E-state index contributed by atoms with van der Waals surface area (Å²) in [5.41, 5.74) is 3.26. The van der Waals surface area contributed by atoms with Gasteiger partial charge in [0.25, 0.3) is 0 Å². The molecule has 1 amide bonds. The van der Waals surface area contributed by atoms with Gasteiger partial charge in [-0.25, -0.2) is 15.0 Å². The van der Waals surface area contributed by atoms with E-state index in [1.54, 1.807) is 6.33 Å². The summed E-state index contributed by atoms with van der Waals surface area (Å²) in [6, 6.07) is 0.364. The first-order valence-electron chi connectivity index (χ1n) is 12.4. The second-order valence-corrected chi connectivity index (χ2v) is 11.5. The number of imidazole rings is 1. The number of hydrogen-bond donors (Lipinski definition) is 1. The largest absolute Gasteiger partial charge is 0.339 e. The molecule has 4 aliphatic rings. The van der Waals surface area contributed by atoms with E-state index >= 15 is 0 Å². The van der Waals surface area contributed by atoms with Crippen molar-refractivity contribution in [2.24, 2.45) is 34.5 Å². The molecule has 0 radical (unpaired) electrons. The average molecular weight is 434 g/mol. The summed E-state index contributed by atoms with van der Waals surface area (Å²) in [7, 11) is 2.01. The highest BCUT2D eigenvalue weighted by molar-refractivity contribution is 5.89. The molecule has 0 aromatic carbocycles. The minimum absolute atomic E-state index is 0.125. The van der Waals surface area contributed by atoms with Crippen molar-refractivity contribution in [2.75, 3.05) is 7.05 Å². The van der Waals surface area contributed by atoms with E-state index in [9.17, 15) is 4.79 Å². The number of aromatic amines is 1. The van der Waals surface area contributed by atoms with Crippen molar-refractivity contribution in [1.82, 2.24) is 24.8 Å². The molecule has 170 valence electrons. The number of aryl methyl sites for hydroxylation is 1. The topological polar surface area (TPSA) is 74.8 Å². The lowest BCUT2D eigenvalue weighted by atomic mass is 9.47. The first-order chi connectivity index (χ1) is 15.3. The number of amides is 1. The number of carbonyl (C=O) groups excluding carboxylic acids is 1. The summed E-state index contributed by atoms with van der Waals surface area (Å²) in [5, 5.41) is 0. The zero-order valence-corrected chi connectivity index (χ0v) is 19.8. The van der Waals surface area contributed by atoms with Gasteiger partial charge in [0.15, 0.2) is 5.65 Å². The Hall–Kier alpha value is -2.24. The zero-order chi connectivity index (χ0) is 22.3. The maximum Gasteiger partial charge on any atom is 0.246 e. The van der Waals surface area contributed by atoms with E-state index in [2.05, 4.69) is 34.9 Å². The van der Waals surface area contributed by atoms with Crippen molar-refractivity contribution < 1.29 is 4.79 Å². The van der Waals surface area contributed by atoms with Gasteiger partial charge in [0.2, 0.25) is 5.91 Å². The fourth-order valence-electron chi connectivity index (χ4n) is 8.50. The van der Waals surface area contributed by atoms with Crippen LogP contribution in [0.1, 0.15) is 63.9 Å². The molecule has 3 saturated carbocycles. The molecular formula is C26H35N5O. The molecule has 1 N–H and O–H groups in total. The van der Waals surface area contributed by atoms with Gasteiger partial charge in [0.1, 0.15) is 17.7 Å². The summed E-state index contributed by atoms with van der Waals surface area (Å²) >= 11 is 0. The fourth-order valence-corrected chi connectivity index (χ4v) is 8.50. The quantitative estimate of drug-likeness (QED) is 0.759. The van der Waals surface area contributed by atoms with Crippen LogP contribution in [0.4, 0.5) is 0 Å². The Balaban J connectivity index is 1.26. The molecule has 0 saturated heterocycles. The third-order valence-corrected chi connectivity index (χ3v) is 10.3. The van der Waals surface area contributed by atoms with Crippen molar-refractivity contribution in [3.8, 4) is 0 Å². The van der Waals surface area contributed by atoms with Crippen LogP contribution in [0, 0.1) is 41.4 Å². The Bertz CT molecular complexity index is 1110. The second-order valence-electron chi connectivity index (χ2n) is 11.5. The van der Waals surface area contributed by atoms with E-state index in [1.165, 1.54) is 32.1 Å². The first kappa shape index (κ1) is 20.4. The SMILES string of the molecule is Cc1ncnc2nc(CC3CC[C@H]4[C@@H]5CCC6N(C)C(=O)C=C[C@]6(C)[C@@H]5CC[C@]34C)[nH]c12. The van der Waals surface area contributed by atoms with Gasteiger partial charge in [0, 0.05) is 24.9 Å². The van der Waals surface area contributed by atoms with Crippen LogP contribution >= 0.6 is 0 Å². The van der Waals surface area contributed by atoms with E-state index in [1.807, 2.05) is 24.9 Å². The maximum atomic E-state index is 12.3. The highest BCUT2D eigenvalue weighted by Crippen LogP contribution is 2.65. The molecule has 0 bridgehead atoms.